The zero-order chi connectivity index (χ0) is 24.6. The third-order valence-corrected chi connectivity index (χ3v) is 10.3. The molecule has 33 heavy (non-hydrogen) atoms. The Morgan fingerprint density at radius 3 is 2.64 bits per heavy atom. The SMILES string of the molecule is C=C1/C(=C/C=C2/CCC[C@]3(C)C([C@H](C)C/C=C/S(=O)(=O)C(C)(C)C)=CC[C@@H]23)C[C@@H](O)C[C@@H]1O. The summed E-state index contributed by atoms with van der Waals surface area (Å²) in [7, 11) is -3.25. The summed E-state index contributed by atoms with van der Waals surface area (Å²) in [6.45, 7) is 13.8. The van der Waals surface area contributed by atoms with E-state index in [-0.39, 0.29) is 5.41 Å². The van der Waals surface area contributed by atoms with Gasteiger partial charge >= 0.3 is 0 Å². The predicted octanol–water partition coefficient (Wildman–Crippen LogP) is 5.80. The van der Waals surface area contributed by atoms with Gasteiger partial charge in [-0.3, -0.25) is 0 Å². The minimum Gasteiger partial charge on any atom is -0.393 e. The number of allylic oxidation sites excluding steroid dienone is 6. The van der Waals surface area contributed by atoms with Crippen LogP contribution in [0.4, 0.5) is 0 Å². The molecule has 0 aliphatic heterocycles. The van der Waals surface area contributed by atoms with Crippen LogP contribution in [0.2, 0.25) is 0 Å². The second-order valence-electron chi connectivity index (χ2n) is 11.5. The summed E-state index contributed by atoms with van der Waals surface area (Å²) < 4.78 is 24.0. The molecule has 4 nitrogen and oxygen atoms in total. The van der Waals surface area contributed by atoms with Gasteiger partial charge in [0.25, 0.3) is 0 Å². The highest BCUT2D eigenvalue weighted by Crippen LogP contribution is 2.57. The molecule has 5 atom stereocenters. The average molecular weight is 475 g/mol. The minimum atomic E-state index is -3.25. The summed E-state index contributed by atoms with van der Waals surface area (Å²) in [4.78, 5) is 0. The summed E-state index contributed by atoms with van der Waals surface area (Å²) >= 11 is 0. The molecule has 0 unspecified atom stereocenters. The molecule has 0 bridgehead atoms. The van der Waals surface area contributed by atoms with Crippen LogP contribution in [0.3, 0.4) is 0 Å². The van der Waals surface area contributed by atoms with Crippen molar-refractivity contribution in [3.05, 3.63) is 58.6 Å². The summed E-state index contributed by atoms with van der Waals surface area (Å²) in [5.74, 6) is 0.752. The van der Waals surface area contributed by atoms with Crippen LogP contribution in [0.25, 0.3) is 0 Å². The van der Waals surface area contributed by atoms with Crippen molar-refractivity contribution in [1.29, 1.82) is 0 Å². The van der Waals surface area contributed by atoms with E-state index in [1.54, 1.807) is 20.8 Å². The van der Waals surface area contributed by atoms with Gasteiger partial charge in [0, 0.05) is 11.8 Å². The van der Waals surface area contributed by atoms with Crippen LogP contribution >= 0.6 is 0 Å². The molecular formula is C28H42O4S. The molecule has 3 aliphatic carbocycles. The van der Waals surface area contributed by atoms with Gasteiger partial charge < -0.3 is 10.2 Å². The molecule has 2 fully saturated rings. The van der Waals surface area contributed by atoms with Crippen molar-refractivity contribution in [2.24, 2.45) is 17.3 Å². The fourth-order valence-corrected chi connectivity index (χ4v) is 6.57. The first-order chi connectivity index (χ1) is 15.3. The molecule has 3 rings (SSSR count). The van der Waals surface area contributed by atoms with Crippen LogP contribution in [0, 0.1) is 17.3 Å². The third-order valence-electron chi connectivity index (χ3n) is 8.02. The van der Waals surface area contributed by atoms with Gasteiger partial charge in [0.1, 0.15) is 0 Å². The van der Waals surface area contributed by atoms with Crippen molar-refractivity contribution in [1.82, 2.24) is 0 Å². The molecule has 0 aromatic heterocycles. The van der Waals surface area contributed by atoms with Crippen molar-refractivity contribution in [3.8, 4) is 0 Å². The lowest BCUT2D eigenvalue weighted by molar-refractivity contribution is 0.0862. The largest absolute Gasteiger partial charge is 0.393 e. The lowest BCUT2D eigenvalue weighted by atomic mass is 9.62. The Morgan fingerprint density at radius 2 is 1.97 bits per heavy atom. The number of rotatable bonds is 5. The number of hydrogen-bond donors (Lipinski definition) is 2. The topological polar surface area (TPSA) is 74.6 Å². The van der Waals surface area contributed by atoms with Gasteiger partial charge in [-0.05, 0) is 87.7 Å². The minimum absolute atomic E-state index is 0.0986. The van der Waals surface area contributed by atoms with Crippen molar-refractivity contribution >= 4 is 9.84 Å². The van der Waals surface area contributed by atoms with Crippen molar-refractivity contribution in [3.63, 3.8) is 0 Å². The van der Waals surface area contributed by atoms with Crippen LogP contribution in [0.5, 0.6) is 0 Å². The fourth-order valence-electron chi connectivity index (χ4n) is 5.80. The highest BCUT2D eigenvalue weighted by molar-refractivity contribution is 7.95. The summed E-state index contributed by atoms with van der Waals surface area (Å²) in [5, 5.41) is 21.6. The molecule has 0 saturated heterocycles. The molecule has 0 aromatic carbocycles. The molecule has 0 spiro atoms. The van der Waals surface area contributed by atoms with Gasteiger partial charge in [0.2, 0.25) is 0 Å². The summed E-state index contributed by atoms with van der Waals surface area (Å²) in [6.07, 6.45) is 13.3. The van der Waals surface area contributed by atoms with Crippen LogP contribution < -0.4 is 0 Å². The highest BCUT2D eigenvalue weighted by Gasteiger charge is 2.45. The van der Waals surface area contributed by atoms with Gasteiger partial charge in [-0.1, -0.05) is 55.9 Å². The maximum absolute atomic E-state index is 12.4. The van der Waals surface area contributed by atoms with Gasteiger partial charge in [-0.2, -0.15) is 0 Å². The Balaban J connectivity index is 1.74. The summed E-state index contributed by atoms with van der Waals surface area (Å²) in [6, 6.07) is 0. The second-order valence-corrected chi connectivity index (χ2v) is 14.0. The van der Waals surface area contributed by atoms with E-state index in [1.165, 1.54) is 16.6 Å². The first-order valence-corrected chi connectivity index (χ1v) is 13.9. The molecule has 3 aliphatic rings. The Kier molecular flexibility index (Phi) is 7.67. The standard InChI is InChI=1S/C28H42O4S/c1-19(9-8-16-33(31,32)27(3,4)5)24-13-14-25-21(10-7-15-28(24,25)6)11-12-22-17-23(29)18-26(30)20(22)2/h8,11-13,16,19,23,25-26,29-30H,2,7,9-10,14-15,17-18H2,1,3-6H3/b16-8+,21-11-,22-12+/t19-,23-,25+,26+,28-/m1/s1. The number of hydrogen-bond acceptors (Lipinski definition) is 4. The first-order valence-electron chi connectivity index (χ1n) is 12.3. The molecular weight excluding hydrogens is 432 g/mol. The van der Waals surface area contributed by atoms with E-state index in [0.29, 0.717) is 24.7 Å². The van der Waals surface area contributed by atoms with Gasteiger partial charge in [0.05, 0.1) is 17.0 Å². The monoisotopic (exact) mass is 474 g/mol. The van der Waals surface area contributed by atoms with Crippen LogP contribution in [0.1, 0.15) is 79.6 Å². The molecule has 0 aromatic rings. The number of aliphatic hydroxyl groups is 2. The van der Waals surface area contributed by atoms with Gasteiger partial charge in [-0.25, -0.2) is 8.42 Å². The smallest absolute Gasteiger partial charge is 0.176 e. The van der Waals surface area contributed by atoms with E-state index in [4.69, 9.17) is 0 Å². The van der Waals surface area contributed by atoms with Gasteiger partial charge in [-0.15, -0.1) is 0 Å². The lowest BCUT2D eigenvalue weighted by Gasteiger charge is -2.42. The maximum Gasteiger partial charge on any atom is 0.176 e. The molecule has 5 heteroatoms. The Bertz CT molecular complexity index is 989. The zero-order valence-electron chi connectivity index (χ0n) is 21.0. The Hall–Kier alpha value is -1.43. The van der Waals surface area contributed by atoms with Crippen molar-refractivity contribution in [2.45, 2.75) is 96.5 Å². The zero-order valence-corrected chi connectivity index (χ0v) is 21.8. The maximum atomic E-state index is 12.4. The quantitative estimate of drug-likeness (QED) is 0.494. The Morgan fingerprint density at radius 1 is 1.27 bits per heavy atom. The van der Waals surface area contributed by atoms with Crippen molar-refractivity contribution in [2.75, 3.05) is 0 Å². The average Bonchev–Trinajstić information content (AvgIpc) is 3.06. The van der Waals surface area contributed by atoms with E-state index in [2.05, 4.69) is 38.7 Å². The third kappa shape index (κ3) is 5.47. The number of sulfone groups is 1. The van der Waals surface area contributed by atoms with E-state index >= 15 is 0 Å². The predicted molar refractivity (Wildman–Crippen MR) is 136 cm³/mol. The van der Waals surface area contributed by atoms with Crippen LogP contribution in [-0.4, -0.2) is 35.6 Å². The molecule has 2 N–H and O–H groups in total. The number of fused-ring (bicyclic) bond motifs is 1. The number of aliphatic hydroxyl groups excluding tert-OH is 2. The van der Waals surface area contributed by atoms with Crippen LogP contribution in [-0.2, 0) is 9.84 Å². The molecule has 184 valence electrons. The Labute approximate surface area is 200 Å². The van der Waals surface area contributed by atoms with Crippen molar-refractivity contribution < 1.29 is 18.6 Å². The first kappa shape index (κ1) is 26.2. The molecule has 0 heterocycles. The van der Waals surface area contributed by atoms with E-state index in [0.717, 1.165) is 43.3 Å². The second kappa shape index (κ2) is 9.67. The fraction of sp³-hybridized carbons (Fsp3) is 0.643. The van der Waals surface area contributed by atoms with E-state index in [1.807, 2.05) is 6.08 Å². The molecule has 0 radical (unpaired) electrons. The summed E-state index contributed by atoms with van der Waals surface area (Å²) in [5.41, 5.74) is 4.66. The molecule has 2 saturated carbocycles. The normalized spacial score (nSPS) is 34.7. The van der Waals surface area contributed by atoms with Gasteiger partial charge in [0.15, 0.2) is 9.84 Å². The lowest BCUT2D eigenvalue weighted by Crippen LogP contribution is -2.32. The highest BCUT2D eigenvalue weighted by atomic mass is 32.2. The van der Waals surface area contributed by atoms with E-state index in [9.17, 15) is 18.6 Å². The van der Waals surface area contributed by atoms with Crippen LogP contribution in [0.15, 0.2) is 58.6 Å². The molecule has 0 amide bonds. The van der Waals surface area contributed by atoms with E-state index < -0.39 is 26.8 Å².